The molecule has 1 atom stereocenters. The molecule has 1 fully saturated rings. The zero-order chi connectivity index (χ0) is 26.9. The molecule has 0 bridgehead atoms. The van der Waals surface area contributed by atoms with Gasteiger partial charge in [-0.25, -0.2) is 0 Å². The maximum Gasteiger partial charge on any atom is 0.283 e. The predicted octanol–water partition coefficient (Wildman–Crippen LogP) is 5.33. The number of nitrogens with zero attached hydrogens (tertiary/aromatic N) is 3. The lowest BCUT2D eigenvalue weighted by Gasteiger charge is -2.28. The van der Waals surface area contributed by atoms with Crippen molar-refractivity contribution >= 4 is 50.0 Å². The van der Waals surface area contributed by atoms with Gasteiger partial charge in [-0.05, 0) is 87.3 Å². The van der Waals surface area contributed by atoms with Gasteiger partial charge in [0.15, 0.2) is 0 Å². The van der Waals surface area contributed by atoms with Crippen molar-refractivity contribution in [3.8, 4) is 0 Å². The van der Waals surface area contributed by atoms with Gasteiger partial charge in [-0.3, -0.25) is 9.69 Å². The molecule has 1 aliphatic heterocycles. The number of halogens is 2. The second-order valence-electron chi connectivity index (χ2n) is 9.64. The molecule has 0 aliphatic carbocycles. The molecule has 10 heteroatoms. The van der Waals surface area contributed by atoms with Crippen molar-refractivity contribution in [2.24, 2.45) is 0 Å². The first-order valence-corrected chi connectivity index (χ1v) is 14.7. The Morgan fingerprint density at radius 1 is 1.00 bits per heavy atom. The van der Waals surface area contributed by atoms with Crippen LogP contribution in [-0.4, -0.2) is 54.1 Å². The van der Waals surface area contributed by atoms with E-state index in [2.05, 4.69) is 15.3 Å². The summed E-state index contributed by atoms with van der Waals surface area (Å²) in [6.07, 6.45) is 4.54. The highest BCUT2D eigenvalue weighted by molar-refractivity contribution is 7.90. The van der Waals surface area contributed by atoms with Crippen LogP contribution in [0.15, 0.2) is 71.8 Å². The van der Waals surface area contributed by atoms with Crippen LogP contribution < -0.4 is 5.32 Å². The summed E-state index contributed by atoms with van der Waals surface area (Å²) in [7, 11) is -3.81. The van der Waals surface area contributed by atoms with E-state index < -0.39 is 10.0 Å². The maximum absolute atomic E-state index is 13.2. The number of hydrogen-bond donors (Lipinski definition) is 1. The SMILES string of the molecule is Cc1ccc(S(=O)(=O)n2ncc3cc(C[C@@H](CNC(=O)c4ccc(Cl)c(Cl)c4)N4CCCC4)ccc32)cc1. The number of carbonyl (C=O) groups excluding carboxylic acids is 1. The van der Waals surface area contributed by atoms with Crippen LogP contribution in [0.5, 0.6) is 0 Å². The molecule has 0 saturated carbocycles. The number of nitrogens with one attached hydrogen (secondary N) is 1. The van der Waals surface area contributed by atoms with Crippen molar-refractivity contribution < 1.29 is 13.2 Å². The van der Waals surface area contributed by atoms with Crippen LogP contribution in [0.1, 0.15) is 34.3 Å². The number of carbonyl (C=O) groups is 1. The van der Waals surface area contributed by atoms with Gasteiger partial charge >= 0.3 is 0 Å². The van der Waals surface area contributed by atoms with Crippen molar-refractivity contribution in [1.82, 2.24) is 19.4 Å². The molecule has 0 radical (unpaired) electrons. The van der Waals surface area contributed by atoms with Crippen LogP contribution in [0.2, 0.25) is 10.0 Å². The number of amides is 1. The monoisotopic (exact) mass is 570 g/mol. The minimum absolute atomic E-state index is 0.0907. The minimum Gasteiger partial charge on any atom is -0.350 e. The topological polar surface area (TPSA) is 84.3 Å². The fourth-order valence-electron chi connectivity index (χ4n) is 4.85. The summed E-state index contributed by atoms with van der Waals surface area (Å²) in [4.78, 5) is 15.4. The summed E-state index contributed by atoms with van der Waals surface area (Å²) >= 11 is 12.1. The molecule has 5 rings (SSSR count). The maximum atomic E-state index is 13.2. The molecule has 4 aromatic rings. The summed E-state index contributed by atoms with van der Waals surface area (Å²) in [6, 6.07) is 17.4. The smallest absolute Gasteiger partial charge is 0.283 e. The first-order valence-electron chi connectivity index (χ1n) is 12.5. The van der Waals surface area contributed by atoms with Crippen LogP contribution >= 0.6 is 23.2 Å². The number of rotatable bonds is 8. The molecule has 3 aromatic carbocycles. The molecule has 38 heavy (non-hydrogen) atoms. The third kappa shape index (κ3) is 5.59. The second kappa shape index (κ2) is 11.1. The summed E-state index contributed by atoms with van der Waals surface area (Å²) in [5.41, 5.74) is 3.02. The van der Waals surface area contributed by atoms with Gasteiger partial charge in [-0.15, -0.1) is 0 Å². The highest BCUT2D eigenvalue weighted by atomic mass is 35.5. The Morgan fingerprint density at radius 3 is 2.45 bits per heavy atom. The Balaban J connectivity index is 1.35. The zero-order valence-corrected chi connectivity index (χ0v) is 23.2. The summed E-state index contributed by atoms with van der Waals surface area (Å²) in [5, 5.41) is 8.75. The minimum atomic E-state index is -3.81. The number of benzene rings is 3. The van der Waals surface area contributed by atoms with Gasteiger partial charge in [0.2, 0.25) is 0 Å². The highest BCUT2D eigenvalue weighted by Crippen LogP contribution is 2.25. The molecule has 1 amide bonds. The fraction of sp³-hybridized carbons (Fsp3) is 0.286. The quantitative estimate of drug-likeness (QED) is 0.309. The van der Waals surface area contributed by atoms with E-state index in [-0.39, 0.29) is 16.8 Å². The van der Waals surface area contributed by atoms with E-state index >= 15 is 0 Å². The summed E-state index contributed by atoms with van der Waals surface area (Å²) < 4.78 is 27.5. The van der Waals surface area contributed by atoms with Crippen LogP contribution in [0.3, 0.4) is 0 Å². The fourth-order valence-corrected chi connectivity index (χ4v) is 6.42. The Kier molecular flexibility index (Phi) is 7.77. The van der Waals surface area contributed by atoms with Crippen molar-refractivity contribution in [2.45, 2.75) is 37.1 Å². The number of fused-ring (bicyclic) bond motifs is 1. The van der Waals surface area contributed by atoms with Crippen molar-refractivity contribution in [3.05, 3.63) is 93.6 Å². The highest BCUT2D eigenvalue weighted by Gasteiger charge is 2.24. The number of aromatic nitrogens is 2. The molecule has 0 unspecified atom stereocenters. The molecule has 1 aromatic heterocycles. The molecular weight excluding hydrogens is 543 g/mol. The van der Waals surface area contributed by atoms with Crippen LogP contribution in [-0.2, 0) is 16.4 Å². The molecule has 1 saturated heterocycles. The van der Waals surface area contributed by atoms with Gasteiger partial charge in [-0.2, -0.15) is 17.6 Å². The van der Waals surface area contributed by atoms with E-state index in [1.807, 2.05) is 19.1 Å². The molecule has 0 spiro atoms. The van der Waals surface area contributed by atoms with E-state index in [1.165, 1.54) is 0 Å². The number of likely N-dealkylation sites (tertiary alicyclic amines) is 1. The average molecular weight is 572 g/mol. The van der Waals surface area contributed by atoms with Gasteiger partial charge in [-0.1, -0.05) is 47.0 Å². The zero-order valence-electron chi connectivity index (χ0n) is 20.9. The Labute approximate surface area is 232 Å². The predicted molar refractivity (Wildman–Crippen MR) is 151 cm³/mol. The van der Waals surface area contributed by atoms with Crippen molar-refractivity contribution in [2.75, 3.05) is 19.6 Å². The first kappa shape index (κ1) is 26.7. The lowest BCUT2D eigenvalue weighted by Crippen LogP contribution is -2.44. The van der Waals surface area contributed by atoms with Gasteiger partial charge < -0.3 is 5.32 Å². The molecule has 2 heterocycles. The van der Waals surface area contributed by atoms with E-state index in [0.717, 1.165) is 46.5 Å². The second-order valence-corrected chi connectivity index (χ2v) is 12.2. The van der Waals surface area contributed by atoms with E-state index in [1.54, 1.807) is 54.7 Å². The lowest BCUT2D eigenvalue weighted by molar-refractivity contribution is 0.0937. The van der Waals surface area contributed by atoms with E-state index in [4.69, 9.17) is 23.2 Å². The van der Waals surface area contributed by atoms with Crippen molar-refractivity contribution in [1.29, 1.82) is 0 Å². The Morgan fingerprint density at radius 2 is 1.74 bits per heavy atom. The van der Waals surface area contributed by atoms with Crippen molar-refractivity contribution in [3.63, 3.8) is 0 Å². The molecular formula is C28H28Cl2N4O3S. The average Bonchev–Trinajstić information content (AvgIpc) is 3.59. The third-order valence-electron chi connectivity index (χ3n) is 6.95. The van der Waals surface area contributed by atoms with Crippen LogP contribution in [0, 0.1) is 6.92 Å². The van der Waals surface area contributed by atoms with Gasteiger partial charge in [0.1, 0.15) is 0 Å². The number of aryl methyl sites for hydroxylation is 1. The Bertz CT molecular complexity index is 1580. The van der Waals surface area contributed by atoms with Crippen LogP contribution in [0.25, 0.3) is 10.9 Å². The standard InChI is InChI=1S/C28H28Cl2N4O3S/c1-19-4-8-24(9-5-19)38(36,37)34-27-11-6-20(14-22(27)17-32-34)15-23(33-12-2-3-13-33)18-31-28(35)21-7-10-25(29)26(30)16-21/h4-11,14,16-17,23H,2-3,12-13,15,18H2,1H3,(H,31,35)/t23-/m0/s1. The largest absolute Gasteiger partial charge is 0.350 e. The Hall–Kier alpha value is -2.91. The summed E-state index contributed by atoms with van der Waals surface area (Å²) in [5.74, 6) is -0.203. The molecule has 198 valence electrons. The third-order valence-corrected chi connectivity index (χ3v) is 9.31. The molecule has 1 aliphatic rings. The summed E-state index contributed by atoms with van der Waals surface area (Å²) in [6.45, 7) is 4.33. The normalized spacial score (nSPS) is 15.1. The number of hydrogen-bond acceptors (Lipinski definition) is 5. The lowest BCUT2D eigenvalue weighted by atomic mass is 10.0. The van der Waals surface area contributed by atoms with E-state index in [9.17, 15) is 13.2 Å². The van der Waals surface area contributed by atoms with Gasteiger partial charge in [0, 0.05) is 23.5 Å². The van der Waals surface area contributed by atoms with Crippen LogP contribution in [0.4, 0.5) is 0 Å². The van der Waals surface area contributed by atoms with Gasteiger partial charge in [0.25, 0.3) is 15.9 Å². The molecule has 7 nitrogen and oxygen atoms in total. The molecule has 1 N–H and O–H groups in total. The van der Waals surface area contributed by atoms with Gasteiger partial charge in [0.05, 0.1) is 26.7 Å². The van der Waals surface area contributed by atoms with E-state index in [0.29, 0.717) is 34.1 Å². The first-order chi connectivity index (χ1) is 18.2.